The molecule has 2 aromatic rings. The maximum atomic E-state index is 13.5. The number of H-pyrrole nitrogens is 1. The minimum absolute atomic E-state index is 0.105. The van der Waals surface area contributed by atoms with Gasteiger partial charge >= 0.3 is 0 Å². The average Bonchev–Trinajstić information content (AvgIpc) is 3.19. The van der Waals surface area contributed by atoms with Gasteiger partial charge < -0.3 is 25.1 Å². The highest BCUT2D eigenvalue weighted by atomic mass is 16.5. The first-order chi connectivity index (χ1) is 17.3. The average molecular weight is 492 g/mol. The molecule has 1 saturated carbocycles. The monoisotopic (exact) mass is 491 g/mol. The molecular formula is C25H25N5O6. The Bertz CT molecular complexity index is 1340. The molecule has 2 bridgehead atoms. The molecule has 1 aromatic carbocycles. The van der Waals surface area contributed by atoms with Gasteiger partial charge in [-0.1, -0.05) is 18.9 Å². The van der Waals surface area contributed by atoms with Gasteiger partial charge in [-0.3, -0.25) is 24.5 Å². The van der Waals surface area contributed by atoms with E-state index in [1.165, 1.54) is 0 Å². The molecule has 6 rings (SSSR count). The highest BCUT2D eigenvalue weighted by Gasteiger charge is 2.69. The number of imide groups is 1. The summed E-state index contributed by atoms with van der Waals surface area (Å²) >= 11 is 0. The third-order valence-corrected chi connectivity index (χ3v) is 7.82. The Kier molecular flexibility index (Phi) is 5.05. The molecule has 3 aliphatic heterocycles. The normalized spacial score (nSPS) is 31.0. The molecule has 186 valence electrons. The molecule has 4 N–H and O–H groups in total. The summed E-state index contributed by atoms with van der Waals surface area (Å²) in [5, 5.41) is 18.7. The maximum absolute atomic E-state index is 13.5. The lowest BCUT2D eigenvalue weighted by molar-refractivity contribution is -0.130. The summed E-state index contributed by atoms with van der Waals surface area (Å²) in [6.45, 7) is 0. The number of hydrogen-bond donors (Lipinski definition) is 4. The van der Waals surface area contributed by atoms with Gasteiger partial charge in [0.15, 0.2) is 5.54 Å². The molecule has 36 heavy (non-hydrogen) atoms. The smallest absolute Gasteiger partial charge is 0.268 e. The summed E-state index contributed by atoms with van der Waals surface area (Å²) < 4.78 is 11.2. The number of nitriles is 1. The highest BCUT2D eigenvalue weighted by molar-refractivity contribution is 6.06. The van der Waals surface area contributed by atoms with Gasteiger partial charge in [0, 0.05) is 17.3 Å². The Labute approximate surface area is 205 Å². The van der Waals surface area contributed by atoms with Crippen molar-refractivity contribution in [3.05, 3.63) is 30.0 Å². The summed E-state index contributed by atoms with van der Waals surface area (Å²) in [5.74, 6) is -2.37. The number of carbonyl (C=O) groups is 4. The summed E-state index contributed by atoms with van der Waals surface area (Å²) in [7, 11) is 1.55. The number of carbonyl (C=O) groups excluding carboxylic acids is 4. The van der Waals surface area contributed by atoms with Crippen LogP contribution in [-0.2, 0) is 19.1 Å². The number of methoxy groups -OCH3 is 1. The minimum atomic E-state index is -1.45. The molecule has 0 spiro atoms. The third kappa shape index (κ3) is 3.44. The second-order valence-electron chi connectivity index (χ2n) is 10.1. The SMILES string of the molecule is COc1cccc2[nH]c(C(=O)N[C@@H](CC3CC3)C(=O)N[C@@]3(C#N)C[C@@H]4O[C@H]3[C@H]3C(=O)NC(=O)[C@H]34)cc12. The van der Waals surface area contributed by atoms with Gasteiger partial charge in [0.2, 0.25) is 17.7 Å². The molecule has 6 atom stereocenters. The molecule has 1 aliphatic carbocycles. The van der Waals surface area contributed by atoms with Crippen LogP contribution in [0.4, 0.5) is 0 Å². The van der Waals surface area contributed by atoms with E-state index in [-0.39, 0.29) is 12.1 Å². The van der Waals surface area contributed by atoms with E-state index in [0.29, 0.717) is 18.1 Å². The number of nitrogens with one attached hydrogen (secondary N) is 4. The van der Waals surface area contributed by atoms with Gasteiger partial charge in [0.1, 0.15) is 23.6 Å². The van der Waals surface area contributed by atoms with E-state index in [4.69, 9.17) is 9.47 Å². The van der Waals surface area contributed by atoms with E-state index in [1.807, 2.05) is 12.1 Å². The number of amides is 4. The predicted octanol–water partition coefficient (Wildman–Crippen LogP) is 0.513. The number of aromatic amines is 1. The van der Waals surface area contributed by atoms with Crippen LogP contribution < -0.4 is 20.7 Å². The summed E-state index contributed by atoms with van der Waals surface area (Å²) in [4.78, 5) is 54.1. The Hall–Kier alpha value is -3.91. The first-order valence-electron chi connectivity index (χ1n) is 12.0. The van der Waals surface area contributed by atoms with E-state index in [0.717, 1.165) is 23.7 Å². The number of rotatable bonds is 7. The second kappa shape index (κ2) is 8.06. The minimum Gasteiger partial charge on any atom is -0.496 e. The zero-order valence-corrected chi connectivity index (χ0v) is 19.5. The van der Waals surface area contributed by atoms with Crippen LogP contribution in [0.1, 0.15) is 36.2 Å². The van der Waals surface area contributed by atoms with Crippen molar-refractivity contribution < 1.29 is 28.7 Å². The second-order valence-corrected chi connectivity index (χ2v) is 10.1. The van der Waals surface area contributed by atoms with Crippen molar-refractivity contribution in [3.63, 3.8) is 0 Å². The number of ether oxygens (including phenoxy) is 2. The molecule has 4 amide bonds. The van der Waals surface area contributed by atoms with Gasteiger partial charge in [0.25, 0.3) is 5.91 Å². The van der Waals surface area contributed by atoms with Crippen LogP contribution in [0.25, 0.3) is 10.9 Å². The van der Waals surface area contributed by atoms with Crippen molar-refractivity contribution in [3.8, 4) is 11.8 Å². The lowest BCUT2D eigenvalue weighted by atomic mass is 9.71. The molecule has 4 aliphatic rings. The lowest BCUT2D eigenvalue weighted by Crippen LogP contribution is -2.62. The fraction of sp³-hybridized carbons (Fsp3) is 0.480. The van der Waals surface area contributed by atoms with Gasteiger partial charge in [-0.2, -0.15) is 5.26 Å². The van der Waals surface area contributed by atoms with Crippen LogP contribution in [0, 0.1) is 29.1 Å². The van der Waals surface area contributed by atoms with Crippen LogP contribution in [-0.4, -0.2) is 59.5 Å². The van der Waals surface area contributed by atoms with Gasteiger partial charge in [0.05, 0.1) is 31.1 Å². The standard InChI is InChI=1S/C25H25N5O6/c1-35-16-4-2-3-13-12(16)8-15(27-13)21(31)28-14(7-11-5-6-11)22(32)30-25(10-26)9-17-18-19(20(25)36-17)24(34)29-23(18)33/h2-4,8,11,14,17-20,27H,5-7,9H2,1H3,(H,28,31)(H,30,32)(H,29,33,34)/t14-,17-,18-,19-,20-,25+/m0/s1. The molecule has 4 heterocycles. The topological polar surface area (TPSA) is 162 Å². The lowest BCUT2D eigenvalue weighted by Gasteiger charge is -2.34. The van der Waals surface area contributed by atoms with E-state index < -0.39 is 59.3 Å². The predicted molar refractivity (Wildman–Crippen MR) is 123 cm³/mol. The third-order valence-electron chi connectivity index (χ3n) is 7.82. The van der Waals surface area contributed by atoms with E-state index >= 15 is 0 Å². The number of aromatic nitrogens is 1. The first kappa shape index (κ1) is 22.5. The van der Waals surface area contributed by atoms with Crippen LogP contribution >= 0.6 is 0 Å². The zero-order valence-electron chi connectivity index (χ0n) is 19.5. The molecule has 4 fully saturated rings. The highest BCUT2D eigenvalue weighted by Crippen LogP contribution is 2.50. The number of hydrogen-bond acceptors (Lipinski definition) is 7. The fourth-order valence-corrected chi connectivity index (χ4v) is 5.88. The Morgan fingerprint density at radius 2 is 2.06 bits per heavy atom. The number of benzene rings is 1. The van der Waals surface area contributed by atoms with Crippen LogP contribution in [0.15, 0.2) is 24.3 Å². The fourth-order valence-electron chi connectivity index (χ4n) is 5.88. The van der Waals surface area contributed by atoms with Crippen molar-refractivity contribution >= 4 is 34.5 Å². The number of nitrogens with zero attached hydrogens (tertiary/aromatic N) is 1. The largest absolute Gasteiger partial charge is 0.496 e. The molecule has 1 aromatic heterocycles. The van der Waals surface area contributed by atoms with E-state index in [1.54, 1.807) is 19.2 Å². The van der Waals surface area contributed by atoms with Crippen molar-refractivity contribution in [2.45, 2.75) is 49.5 Å². The maximum Gasteiger partial charge on any atom is 0.268 e. The van der Waals surface area contributed by atoms with Crippen LogP contribution in [0.5, 0.6) is 5.75 Å². The Morgan fingerprint density at radius 1 is 1.28 bits per heavy atom. The quantitative estimate of drug-likeness (QED) is 0.410. The molecular weight excluding hydrogens is 466 g/mol. The van der Waals surface area contributed by atoms with E-state index in [9.17, 15) is 24.4 Å². The first-order valence-corrected chi connectivity index (χ1v) is 12.0. The van der Waals surface area contributed by atoms with Crippen molar-refractivity contribution in [2.24, 2.45) is 17.8 Å². The van der Waals surface area contributed by atoms with Crippen LogP contribution in [0.2, 0.25) is 0 Å². The van der Waals surface area contributed by atoms with Gasteiger partial charge in [-0.15, -0.1) is 0 Å². The van der Waals surface area contributed by atoms with Crippen molar-refractivity contribution in [2.75, 3.05) is 7.11 Å². The zero-order chi connectivity index (χ0) is 25.2. The van der Waals surface area contributed by atoms with Crippen molar-refractivity contribution in [1.29, 1.82) is 5.26 Å². The molecule has 0 radical (unpaired) electrons. The Morgan fingerprint density at radius 3 is 2.78 bits per heavy atom. The van der Waals surface area contributed by atoms with Gasteiger partial charge in [-0.25, -0.2) is 0 Å². The molecule has 3 saturated heterocycles. The number of fused-ring (bicyclic) bond motifs is 6. The van der Waals surface area contributed by atoms with Crippen LogP contribution in [0.3, 0.4) is 0 Å². The summed E-state index contributed by atoms with van der Waals surface area (Å²) in [6.07, 6.45) is 0.922. The van der Waals surface area contributed by atoms with E-state index in [2.05, 4.69) is 27.0 Å². The summed E-state index contributed by atoms with van der Waals surface area (Å²) in [6, 6.07) is 8.37. The molecule has 11 heteroatoms. The summed E-state index contributed by atoms with van der Waals surface area (Å²) in [5.41, 5.74) is -0.444. The Balaban J connectivity index is 1.22. The molecule has 0 unspecified atom stereocenters. The van der Waals surface area contributed by atoms with Gasteiger partial charge in [-0.05, 0) is 30.5 Å². The van der Waals surface area contributed by atoms with Crippen molar-refractivity contribution in [1.82, 2.24) is 20.9 Å². The molecule has 11 nitrogen and oxygen atoms in total.